The number of hydrogen-bond acceptors (Lipinski definition) is 2. The molecule has 8 aromatic rings. The Hall–Kier alpha value is -5.44. The molecule has 0 unspecified atom stereocenters. The number of thiophene rings is 1. The maximum absolute atomic E-state index is 2.51. The predicted molar refractivity (Wildman–Crippen MR) is 215 cm³/mol. The molecule has 0 amide bonds. The van der Waals surface area contributed by atoms with Crippen LogP contribution in [-0.4, -0.2) is 0 Å². The summed E-state index contributed by atoms with van der Waals surface area (Å²) in [7, 11) is 0. The molecule has 2 aliphatic carbocycles. The van der Waals surface area contributed by atoms with E-state index in [4.69, 9.17) is 0 Å². The van der Waals surface area contributed by atoms with Crippen LogP contribution < -0.4 is 4.90 Å². The van der Waals surface area contributed by atoms with Gasteiger partial charge < -0.3 is 4.90 Å². The average Bonchev–Trinajstić information content (AvgIpc) is 3.72. The molecule has 2 heteroatoms. The van der Waals surface area contributed by atoms with Gasteiger partial charge in [0.1, 0.15) is 0 Å². The monoisotopic (exact) mass is 659 g/mol. The predicted octanol–water partition coefficient (Wildman–Crippen LogP) is 13.8. The summed E-state index contributed by atoms with van der Waals surface area (Å²) in [5.74, 6) is 0. The molecule has 2 aliphatic rings. The van der Waals surface area contributed by atoms with E-state index >= 15 is 0 Å². The summed E-state index contributed by atoms with van der Waals surface area (Å²) < 4.78 is 2.62. The normalized spacial score (nSPS) is 14.7. The van der Waals surface area contributed by atoms with Gasteiger partial charge in [0.05, 0.1) is 5.69 Å². The molecule has 0 saturated heterocycles. The first-order chi connectivity index (χ1) is 24.3. The molecule has 50 heavy (non-hydrogen) atoms. The molecule has 0 radical (unpaired) electrons. The van der Waals surface area contributed by atoms with Gasteiger partial charge in [0, 0.05) is 42.4 Å². The molecule has 7 aromatic carbocycles. The minimum Gasteiger partial charge on any atom is -0.310 e. The Morgan fingerprint density at radius 2 is 1.04 bits per heavy atom. The van der Waals surface area contributed by atoms with E-state index in [0.717, 1.165) is 5.69 Å². The molecule has 0 spiro atoms. The number of hydrogen-bond donors (Lipinski definition) is 0. The highest BCUT2D eigenvalue weighted by molar-refractivity contribution is 7.26. The highest BCUT2D eigenvalue weighted by Gasteiger charge is 2.38. The Kier molecular flexibility index (Phi) is 6.21. The fourth-order valence-corrected chi connectivity index (χ4v) is 10.2. The van der Waals surface area contributed by atoms with Crippen LogP contribution in [0.5, 0.6) is 0 Å². The van der Waals surface area contributed by atoms with Gasteiger partial charge in [0.25, 0.3) is 0 Å². The highest BCUT2D eigenvalue weighted by Crippen LogP contribution is 2.54. The summed E-state index contributed by atoms with van der Waals surface area (Å²) in [4.78, 5) is 2.51. The maximum Gasteiger partial charge on any atom is 0.0554 e. The second-order valence-electron chi connectivity index (χ2n) is 14.9. The molecular formula is C48H37NS. The van der Waals surface area contributed by atoms with Crippen molar-refractivity contribution >= 4 is 48.6 Å². The van der Waals surface area contributed by atoms with Crippen LogP contribution in [0.3, 0.4) is 0 Å². The van der Waals surface area contributed by atoms with E-state index in [-0.39, 0.29) is 10.8 Å². The minimum atomic E-state index is -0.0973. The van der Waals surface area contributed by atoms with Gasteiger partial charge in [0.2, 0.25) is 0 Å². The fourth-order valence-electron chi connectivity index (χ4n) is 9.10. The van der Waals surface area contributed by atoms with Crippen molar-refractivity contribution < 1.29 is 0 Å². The number of rotatable bonds is 4. The lowest BCUT2D eigenvalue weighted by Gasteiger charge is -2.29. The van der Waals surface area contributed by atoms with E-state index in [1.54, 1.807) is 0 Å². The lowest BCUT2D eigenvalue weighted by atomic mass is 9.79. The molecule has 0 bridgehead atoms. The molecule has 240 valence electrons. The first-order valence-corrected chi connectivity index (χ1v) is 18.4. The van der Waals surface area contributed by atoms with Gasteiger partial charge >= 0.3 is 0 Å². The van der Waals surface area contributed by atoms with E-state index in [1.807, 2.05) is 11.3 Å². The second-order valence-corrected chi connectivity index (χ2v) is 16.0. The Morgan fingerprint density at radius 3 is 1.88 bits per heavy atom. The van der Waals surface area contributed by atoms with E-state index < -0.39 is 0 Å². The zero-order chi connectivity index (χ0) is 33.8. The van der Waals surface area contributed by atoms with Gasteiger partial charge in [-0.05, 0) is 98.1 Å². The van der Waals surface area contributed by atoms with Crippen molar-refractivity contribution in [1.29, 1.82) is 0 Å². The summed E-state index contributed by atoms with van der Waals surface area (Å²) in [6, 6.07) is 56.7. The summed E-state index contributed by atoms with van der Waals surface area (Å²) in [6.45, 7) is 9.50. The molecular weight excluding hydrogens is 623 g/mol. The van der Waals surface area contributed by atoms with Gasteiger partial charge in [-0.2, -0.15) is 0 Å². The van der Waals surface area contributed by atoms with Crippen molar-refractivity contribution in [2.75, 3.05) is 4.90 Å². The summed E-state index contributed by atoms with van der Waals surface area (Å²) in [6.07, 6.45) is 0. The zero-order valence-electron chi connectivity index (χ0n) is 28.8. The topological polar surface area (TPSA) is 3.24 Å². The molecule has 0 aliphatic heterocycles. The van der Waals surface area contributed by atoms with Crippen LogP contribution in [-0.2, 0) is 10.8 Å². The van der Waals surface area contributed by atoms with E-state index in [9.17, 15) is 0 Å². The van der Waals surface area contributed by atoms with Crippen LogP contribution in [0.2, 0.25) is 0 Å². The van der Waals surface area contributed by atoms with Crippen molar-refractivity contribution in [2.45, 2.75) is 38.5 Å². The summed E-state index contributed by atoms with van der Waals surface area (Å²) in [5, 5.41) is 2.61. The zero-order valence-corrected chi connectivity index (χ0v) is 29.6. The highest BCUT2D eigenvalue weighted by atomic mass is 32.1. The Bertz CT molecular complexity index is 2670. The molecule has 10 rings (SSSR count). The Labute approximate surface area is 298 Å². The third-order valence-electron chi connectivity index (χ3n) is 11.4. The van der Waals surface area contributed by atoms with Gasteiger partial charge in [-0.3, -0.25) is 0 Å². The third kappa shape index (κ3) is 4.06. The smallest absolute Gasteiger partial charge is 0.0554 e. The summed E-state index contributed by atoms with van der Waals surface area (Å²) in [5.41, 5.74) is 16.9. The second kappa shape index (κ2) is 10.5. The van der Waals surface area contributed by atoms with Crippen molar-refractivity contribution in [3.05, 3.63) is 174 Å². The number of fused-ring (bicyclic) bond motifs is 9. The van der Waals surface area contributed by atoms with Crippen molar-refractivity contribution in [3.63, 3.8) is 0 Å². The lowest BCUT2D eigenvalue weighted by Crippen LogP contribution is -2.17. The fraction of sp³-hybridized carbons (Fsp3) is 0.125. The van der Waals surface area contributed by atoms with Gasteiger partial charge in [0.15, 0.2) is 0 Å². The lowest BCUT2D eigenvalue weighted by molar-refractivity contribution is 0.660. The van der Waals surface area contributed by atoms with E-state index in [2.05, 4.69) is 184 Å². The van der Waals surface area contributed by atoms with Crippen LogP contribution in [0.1, 0.15) is 49.9 Å². The van der Waals surface area contributed by atoms with Crippen molar-refractivity contribution in [2.24, 2.45) is 0 Å². The van der Waals surface area contributed by atoms with Crippen LogP contribution in [0, 0.1) is 0 Å². The number of benzene rings is 7. The molecule has 0 fully saturated rings. The van der Waals surface area contributed by atoms with Crippen molar-refractivity contribution in [1.82, 2.24) is 0 Å². The molecule has 0 saturated carbocycles. The molecule has 0 atom stereocenters. The SMILES string of the molecule is CC1(C)c2ccccc2-c2ccc(N(c3cccc(-c4cccc5c4C(C)(C)c4ccccc4-5)c3)c3cccc4sc5ccccc5c34)cc21. The number of nitrogens with zero attached hydrogens (tertiary/aromatic N) is 1. The molecule has 1 nitrogen and oxygen atoms in total. The first-order valence-electron chi connectivity index (χ1n) is 17.6. The minimum absolute atomic E-state index is 0.0955. The van der Waals surface area contributed by atoms with Crippen LogP contribution >= 0.6 is 11.3 Å². The first kappa shape index (κ1) is 29.5. The Balaban J connectivity index is 1.21. The van der Waals surface area contributed by atoms with Gasteiger partial charge in [-0.1, -0.05) is 137 Å². The molecule has 1 aromatic heterocycles. The molecule has 0 N–H and O–H groups in total. The van der Waals surface area contributed by atoms with Gasteiger partial charge in [-0.15, -0.1) is 11.3 Å². The maximum atomic E-state index is 2.51. The molecule has 1 heterocycles. The standard InChI is InChI=1S/C48H37NS/c1-47(2)39-21-8-5-16-34(39)36-27-26-32(29-41(36)47)49(42-23-13-25-44-45(42)38-18-7-10-24-43(38)50-44)31-15-11-14-30(28-31)33-19-12-20-37-35-17-6-9-22-40(35)48(3,4)46(33)37/h5-29H,1-4H3. The largest absolute Gasteiger partial charge is 0.310 e. The average molecular weight is 660 g/mol. The third-order valence-corrected chi connectivity index (χ3v) is 12.6. The van der Waals surface area contributed by atoms with E-state index in [1.165, 1.54) is 87.2 Å². The van der Waals surface area contributed by atoms with E-state index in [0.29, 0.717) is 0 Å². The van der Waals surface area contributed by atoms with Gasteiger partial charge in [-0.25, -0.2) is 0 Å². The Morgan fingerprint density at radius 1 is 0.440 bits per heavy atom. The number of anilines is 3. The van der Waals surface area contributed by atoms with Crippen LogP contribution in [0.15, 0.2) is 152 Å². The van der Waals surface area contributed by atoms with Crippen molar-refractivity contribution in [3.8, 4) is 33.4 Å². The van der Waals surface area contributed by atoms with Crippen LogP contribution in [0.25, 0.3) is 53.6 Å². The quantitative estimate of drug-likeness (QED) is 0.182. The summed E-state index contributed by atoms with van der Waals surface area (Å²) >= 11 is 1.88. The van der Waals surface area contributed by atoms with Crippen LogP contribution in [0.4, 0.5) is 17.1 Å².